The molecule has 3 heterocycles. The van der Waals surface area contributed by atoms with Crippen molar-refractivity contribution in [1.82, 2.24) is 20.3 Å². The lowest BCUT2D eigenvalue weighted by Gasteiger charge is -2.29. The number of rotatable bonds is 5. The van der Waals surface area contributed by atoms with Crippen LogP contribution in [0, 0.1) is 6.92 Å². The number of piperidine rings is 1. The third-order valence-electron chi connectivity index (χ3n) is 5.79. The van der Waals surface area contributed by atoms with Crippen LogP contribution in [0.4, 0.5) is 17.5 Å². The summed E-state index contributed by atoms with van der Waals surface area (Å²) in [5, 5.41) is 20.2. The normalized spacial score (nSPS) is 22.6. The lowest BCUT2D eigenvalue weighted by Crippen LogP contribution is -2.30. The molecule has 29 heavy (non-hydrogen) atoms. The van der Waals surface area contributed by atoms with Gasteiger partial charge in [-0.25, -0.2) is 4.98 Å². The molecule has 2 aromatic heterocycles. The second-order valence-corrected chi connectivity index (χ2v) is 7.98. The summed E-state index contributed by atoms with van der Waals surface area (Å²) < 4.78 is 0. The van der Waals surface area contributed by atoms with Gasteiger partial charge in [-0.15, -0.1) is 12.4 Å². The Morgan fingerprint density at radius 1 is 1.07 bits per heavy atom. The van der Waals surface area contributed by atoms with Gasteiger partial charge in [0.05, 0.1) is 6.10 Å². The molecule has 7 nitrogen and oxygen atoms in total. The summed E-state index contributed by atoms with van der Waals surface area (Å²) in [4.78, 5) is 13.7. The van der Waals surface area contributed by atoms with Gasteiger partial charge in [-0.1, -0.05) is 0 Å². The fourth-order valence-electron chi connectivity index (χ4n) is 4.16. The van der Waals surface area contributed by atoms with Crippen molar-refractivity contribution in [3.05, 3.63) is 35.8 Å². The monoisotopic (exact) mass is 418 g/mol. The van der Waals surface area contributed by atoms with Crippen LogP contribution < -0.4 is 16.0 Å². The van der Waals surface area contributed by atoms with Crippen LogP contribution in [-0.4, -0.2) is 45.3 Å². The zero-order valence-electron chi connectivity index (χ0n) is 16.9. The van der Waals surface area contributed by atoms with Crippen LogP contribution in [0.3, 0.4) is 0 Å². The van der Waals surface area contributed by atoms with E-state index < -0.39 is 0 Å². The van der Waals surface area contributed by atoms with E-state index >= 15 is 0 Å². The molecule has 0 spiro atoms. The quantitative estimate of drug-likeness (QED) is 0.590. The first kappa shape index (κ1) is 21.7. The molecule has 1 aliphatic carbocycles. The average molecular weight is 419 g/mol. The van der Waals surface area contributed by atoms with Crippen LogP contribution in [0.2, 0.25) is 0 Å². The number of aliphatic hydroxyl groups excluding tert-OH is 1. The zero-order valence-corrected chi connectivity index (χ0v) is 17.7. The van der Waals surface area contributed by atoms with Gasteiger partial charge in [-0.2, -0.15) is 4.98 Å². The van der Waals surface area contributed by atoms with E-state index in [0.29, 0.717) is 17.9 Å². The number of nitrogens with one attached hydrogen (secondary N) is 3. The van der Waals surface area contributed by atoms with Gasteiger partial charge in [0.1, 0.15) is 5.82 Å². The number of hydrogen-bond acceptors (Lipinski definition) is 7. The highest BCUT2D eigenvalue weighted by Gasteiger charge is 2.24. The highest BCUT2D eigenvalue weighted by atomic mass is 35.5. The van der Waals surface area contributed by atoms with E-state index in [1.165, 1.54) is 5.56 Å². The summed E-state index contributed by atoms with van der Waals surface area (Å²) in [5.41, 5.74) is 3.10. The van der Waals surface area contributed by atoms with Crippen molar-refractivity contribution >= 4 is 29.9 Å². The Balaban J connectivity index is 0.00000240. The third-order valence-corrected chi connectivity index (χ3v) is 5.79. The highest BCUT2D eigenvalue weighted by molar-refractivity contribution is 5.85. The summed E-state index contributed by atoms with van der Waals surface area (Å²) in [7, 11) is 0. The molecule has 2 fully saturated rings. The van der Waals surface area contributed by atoms with Crippen LogP contribution in [0.15, 0.2) is 24.5 Å². The minimum absolute atomic E-state index is 0. The molecule has 0 radical (unpaired) electrons. The Labute approximate surface area is 178 Å². The van der Waals surface area contributed by atoms with E-state index in [-0.39, 0.29) is 18.5 Å². The lowest BCUT2D eigenvalue weighted by atomic mass is 9.90. The Morgan fingerprint density at radius 3 is 2.55 bits per heavy atom. The van der Waals surface area contributed by atoms with Gasteiger partial charge >= 0.3 is 0 Å². The van der Waals surface area contributed by atoms with Crippen molar-refractivity contribution in [2.24, 2.45) is 0 Å². The number of aliphatic hydroxyl groups is 1. The number of anilines is 3. The molecule has 0 aromatic carbocycles. The molecular weight excluding hydrogens is 388 g/mol. The molecule has 2 aromatic rings. The van der Waals surface area contributed by atoms with Crippen molar-refractivity contribution in [3.8, 4) is 0 Å². The fraction of sp³-hybridized carbons (Fsp3) is 0.571. The molecular formula is C21H31ClN6O. The predicted octanol–water partition coefficient (Wildman–Crippen LogP) is 3.53. The van der Waals surface area contributed by atoms with Crippen LogP contribution >= 0.6 is 12.4 Å². The molecule has 0 unspecified atom stereocenters. The maximum absolute atomic E-state index is 9.81. The number of aryl methyl sites for hydroxylation is 1. The number of pyridine rings is 1. The van der Waals surface area contributed by atoms with Crippen molar-refractivity contribution in [2.45, 2.75) is 63.5 Å². The summed E-state index contributed by atoms with van der Waals surface area (Å²) in [6.45, 7) is 4.04. The number of aromatic nitrogens is 3. The van der Waals surface area contributed by atoms with Crippen molar-refractivity contribution < 1.29 is 5.11 Å². The van der Waals surface area contributed by atoms with Crippen molar-refractivity contribution in [2.75, 3.05) is 23.7 Å². The van der Waals surface area contributed by atoms with Gasteiger partial charge in [0, 0.05) is 35.4 Å². The molecule has 8 heteroatoms. The van der Waals surface area contributed by atoms with Gasteiger partial charge in [0.2, 0.25) is 5.95 Å². The standard InChI is InChI=1S/C21H30N6O.ClH/c1-14-12-17(8-11-23-14)26-21-24-13-19(15-6-9-22-10-7-15)20(27-21)25-16-2-4-18(28)5-3-16;/h8,11-13,15-16,18,22,28H,2-7,9-10H2,1H3,(H2,23,24,25,26,27);1H. The molecule has 4 rings (SSSR count). The topological polar surface area (TPSA) is 95.0 Å². The van der Waals surface area contributed by atoms with E-state index in [1.54, 1.807) is 6.20 Å². The van der Waals surface area contributed by atoms with E-state index in [9.17, 15) is 5.11 Å². The smallest absolute Gasteiger partial charge is 0.229 e. The molecule has 1 saturated carbocycles. The first-order valence-corrected chi connectivity index (χ1v) is 10.4. The van der Waals surface area contributed by atoms with Crippen LogP contribution in [0.1, 0.15) is 55.7 Å². The predicted molar refractivity (Wildman–Crippen MR) is 118 cm³/mol. The highest BCUT2D eigenvalue weighted by Crippen LogP contribution is 2.32. The Hall–Kier alpha value is -1.96. The first-order chi connectivity index (χ1) is 13.7. The molecule has 1 aliphatic heterocycles. The number of hydrogen-bond donors (Lipinski definition) is 4. The van der Waals surface area contributed by atoms with Crippen LogP contribution in [0.5, 0.6) is 0 Å². The van der Waals surface area contributed by atoms with Gasteiger partial charge in [-0.05, 0) is 76.6 Å². The Morgan fingerprint density at radius 2 is 1.83 bits per heavy atom. The molecule has 0 bridgehead atoms. The molecule has 0 amide bonds. The van der Waals surface area contributed by atoms with Gasteiger partial charge in [0.15, 0.2) is 0 Å². The second kappa shape index (κ2) is 10.2. The average Bonchev–Trinajstić information content (AvgIpc) is 2.71. The van der Waals surface area contributed by atoms with Crippen molar-refractivity contribution in [1.29, 1.82) is 0 Å². The molecule has 158 valence electrons. The maximum atomic E-state index is 9.81. The summed E-state index contributed by atoms with van der Waals surface area (Å²) >= 11 is 0. The van der Waals surface area contributed by atoms with Gasteiger partial charge in [0.25, 0.3) is 0 Å². The summed E-state index contributed by atoms with van der Waals surface area (Å²) in [6.07, 6.45) is 9.49. The Bertz CT molecular complexity index is 790. The number of halogens is 1. The molecule has 0 atom stereocenters. The minimum atomic E-state index is -0.153. The minimum Gasteiger partial charge on any atom is -0.393 e. The summed E-state index contributed by atoms with van der Waals surface area (Å²) in [6, 6.07) is 4.27. The van der Waals surface area contributed by atoms with E-state index in [2.05, 4.69) is 25.9 Å². The van der Waals surface area contributed by atoms with Crippen LogP contribution in [0.25, 0.3) is 0 Å². The van der Waals surface area contributed by atoms with Gasteiger partial charge in [-0.3, -0.25) is 4.98 Å². The van der Waals surface area contributed by atoms with Crippen molar-refractivity contribution in [3.63, 3.8) is 0 Å². The molecule has 4 N–H and O–H groups in total. The Kier molecular flexibility index (Phi) is 7.64. The summed E-state index contributed by atoms with van der Waals surface area (Å²) in [5.74, 6) is 2.02. The third kappa shape index (κ3) is 5.78. The van der Waals surface area contributed by atoms with Gasteiger partial charge < -0.3 is 21.1 Å². The SMILES string of the molecule is Cc1cc(Nc2ncc(C3CCNCC3)c(NC3CCC(O)CC3)n2)ccn1.Cl. The zero-order chi connectivity index (χ0) is 19.3. The fourth-order valence-corrected chi connectivity index (χ4v) is 4.16. The largest absolute Gasteiger partial charge is 0.393 e. The van der Waals surface area contributed by atoms with Crippen LogP contribution in [-0.2, 0) is 0 Å². The van der Waals surface area contributed by atoms with E-state index in [1.807, 2.05) is 25.3 Å². The number of nitrogens with zero attached hydrogens (tertiary/aromatic N) is 3. The molecule has 2 aliphatic rings. The lowest BCUT2D eigenvalue weighted by molar-refractivity contribution is 0.126. The first-order valence-electron chi connectivity index (χ1n) is 10.4. The van der Waals surface area contributed by atoms with E-state index in [0.717, 1.165) is 68.8 Å². The second-order valence-electron chi connectivity index (χ2n) is 7.98. The maximum Gasteiger partial charge on any atom is 0.229 e. The molecule has 1 saturated heterocycles. The van der Waals surface area contributed by atoms with E-state index in [4.69, 9.17) is 4.98 Å².